The van der Waals surface area contributed by atoms with E-state index in [1.165, 1.54) is 18.2 Å². The second-order valence-corrected chi connectivity index (χ2v) is 12.0. The molecule has 174 valence electrons. The average molecular weight is 482 g/mol. The van der Waals surface area contributed by atoms with Crippen LogP contribution in [0.1, 0.15) is 37.1 Å². The molecular formula is C21H27N3O6S2. The summed E-state index contributed by atoms with van der Waals surface area (Å²) < 4.78 is 59.8. The van der Waals surface area contributed by atoms with E-state index in [9.17, 15) is 21.6 Å². The molecule has 0 spiro atoms. The largest absolute Gasteiger partial charge is 0.468 e. The Bertz CT molecular complexity index is 1200. The van der Waals surface area contributed by atoms with Gasteiger partial charge in [0.15, 0.2) is 0 Å². The fourth-order valence-corrected chi connectivity index (χ4v) is 7.43. The lowest BCUT2D eigenvalue weighted by molar-refractivity contribution is -0.119. The standard InChI is InChI=1S/C21H27N3O6S2/c1-15-12-17(24-21(25)16(2)14-31(24,26)27)7-8-20(15)32(28,29)22-13-18(19-6-5-11-30-19)23-9-3-4-10-23/h5-8,11-12,16,18,22H,3-4,9-10,13-14H2,1-2H3/t16-,18-/m1/s1. The summed E-state index contributed by atoms with van der Waals surface area (Å²) in [5.74, 6) is -0.690. The van der Waals surface area contributed by atoms with E-state index in [-0.39, 0.29) is 28.9 Å². The molecule has 1 aromatic carbocycles. The number of carbonyl (C=O) groups is 1. The van der Waals surface area contributed by atoms with E-state index in [0.29, 0.717) is 11.3 Å². The van der Waals surface area contributed by atoms with E-state index in [2.05, 4.69) is 9.62 Å². The Balaban J connectivity index is 1.56. The minimum atomic E-state index is -3.87. The average Bonchev–Trinajstić information content (AvgIpc) is 3.45. The first-order valence-electron chi connectivity index (χ1n) is 10.5. The highest BCUT2D eigenvalue weighted by atomic mass is 32.2. The summed E-state index contributed by atoms with van der Waals surface area (Å²) in [7, 11) is -7.63. The van der Waals surface area contributed by atoms with E-state index in [4.69, 9.17) is 4.42 Å². The fourth-order valence-electron chi connectivity index (χ4n) is 4.36. The lowest BCUT2D eigenvalue weighted by Crippen LogP contribution is -2.37. The van der Waals surface area contributed by atoms with Gasteiger partial charge < -0.3 is 4.42 Å². The van der Waals surface area contributed by atoms with Crippen molar-refractivity contribution in [3.05, 3.63) is 47.9 Å². The molecule has 1 amide bonds. The summed E-state index contributed by atoms with van der Waals surface area (Å²) >= 11 is 0. The molecule has 0 aliphatic carbocycles. The molecule has 0 saturated carbocycles. The van der Waals surface area contributed by atoms with Crippen molar-refractivity contribution in [3.8, 4) is 0 Å². The summed E-state index contributed by atoms with van der Waals surface area (Å²) in [5, 5.41) is 0. The molecule has 9 nitrogen and oxygen atoms in total. The van der Waals surface area contributed by atoms with Crippen LogP contribution in [0.15, 0.2) is 45.9 Å². The minimum absolute atomic E-state index is 0.0398. The predicted molar refractivity (Wildman–Crippen MR) is 119 cm³/mol. The number of nitrogens with zero attached hydrogens (tertiary/aromatic N) is 2. The van der Waals surface area contributed by atoms with Gasteiger partial charge in [-0.25, -0.2) is 25.9 Å². The van der Waals surface area contributed by atoms with Crippen LogP contribution in [0, 0.1) is 12.8 Å². The second kappa shape index (κ2) is 8.62. The highest BCUT2D eigenvalue weighted by Crippen LogP contribution is 2.31. The van der Waals surface area contributed by atoms with Crippen LogP contribution < -0.4 is 9.03 Å². The van der Waals surface area contributed by atoms with Crippen LogP contribution in [0.25, 0.3) is 0 Å². The Morgan fingerprint density at radius 2 is 1.94 bits per heavy atom. The summed E-state index contributed by atoms with van der Waals surface area (Å²) in [6, 6.07) is 7.54. The lowest BCUT2D eigenvalue weighted by atomic mass is 10.2. The van der Waals surface area contributed by atoms with Gasteiger partial charge in [-0.3, -0.25) is 9.69 Å². The molecule has 0 unspecified atom stereocenters. The number of hydrogen-bond acceptors (Lipinski definition) is 7. The van der Waals surface area contributed by atoms with Gasteiger partial charge in [0.2, 0.25) is 26.0 Å². The number of carbonyl (C=O) groups excluding carboxylic acids is 1. The SMILES string of the molecule is Cc1cc(N2C(=O)[C@H](C)CS2(=O)=O)ccc1S(=O)(=O)NC[C@H](c1ccco1)N1CCCC1. The number of rotatable bonds is 7. The van der Waals surface area contributed by atoms with Crippen molar-refractivity contribution in [2.45, 2.75) is 37.6 Å². The maximum Gasteiger partial charge on any atom is 0.244 e. The summed E-state index contributed by atoms with van der Waals surface area (Å²) in [5.41, 5.74) is 0.509. The summed E-state index contributed by atoms with van der Waals surface area (Å²) in [4.78, 5) is 14.6. The first kappa shape index (κ1) is 23.0. The normalized spacial score (nSPS) is 22.5. The van der Waals surface area contributed by atoms with Crippen LogP contribution in [-0.4, -0.2) is 53.0 Å². The topological polar surface area (TPSA) is 117 Å². The maximum atomic E-state index is 13.1. The zero-order valence-corrected chi connectivity index (χ0v) is 19.7. The van der Waals surface area contributed by atoms with E-state index < -0.39 is 31.9 Å². The molecule has 0 bridgehead atoms. The van der Waals surface area contributed by atoms with Crippen LogP contribution >= 0.6 is 0 Å². The van der Waals surface area contributed by atoms with Gasteiger partial charge in [-0.15, -0.1) is 0 Å². The number of furan rings is 1. The monoisotopic (exact) mass is 481 g/mol. The Morgan fingerprint density at radius 3 is 2.50 bits per heavy atom. The first-order valence-corrected chi connectivity index (χ1v) is 13.6. The molecule has 2 aromatic rings. The third-order valence-corrected chi connectivity index (χ3v) is 9.41. The molecule has 2 aliphatic rings. The smallest absolute Gasteiger partial charge is 0.244 e. The van der Waals surface area contributed by atoms with E-state index >= 15 is 0 Å². The molecule has 2 atom stereocenters. The molecule has 0 radical (unpaired) electrons. The van der Waals surface area contributed by atoms with E-state index in [0.717, 1.165) is 30.2 Å². The molecule has 4 rings (SSSR count). The van der Waals surface area contributed by atoms with Crippen LogP contribution in [0.3, 0.4) is 0 Å². The molecular weight excluding hydrogens is 454 g/mol. The number of nitrogens with one attached hydrogen (secondary N) is 1. The molecule has 11 heteroatoms. The van der Waals surface area contributed by atoms with Gasteiger partial charge in [0, 0.05) is 6.54 Å². The second-order valence-electron chi connectivity index (χ2n) is 8.36. The lowest BCUT2D eigenvalue weighted by Gasteiger charge is -2.26. The molecule has 32 heavy (non-hydrogen) atoms. The van der Waals surface area contributed by atoms with Gasteiger partial charge in [0.25, 0.3) is 0 Å². The molecule has 3 heterocycles. The highest BCUT2D eigenvalue weighted by Gasteiger charge is 2.42. The first-order chi connectivity index (χ1) is 15.1. The molecule has 1 aromatic heterocycles. The zero-order valence-electron chi connectivity index (χ0n) is 18.0. The number of anilines is 1. The number of sulfonamides is 2. The van der Waals surface area contributed by atoms with Crippen molar-refractivity contribution in [1.29, 1.82) is 0 Å². The van der Waals surface area contributed by atoms with Crippen LogP contribution in [0.5, 0.6) is 0 Å². The third kappa shape index (κ3) is 4.34. The summed E-state index contributed by atoms with van der Waals surface area (Å²) in [6.07, 6.45) is 3.69. The number of hydrogen-bond donors (Lipinski definition) is 1. The van der Waals surface area contributed by atoms with Crippen molar-refractivity contribution in [2.24, 2.45) is 5.92 Å². The fraction of sp³-hybridized carbons (Fsp3) is 0.476. The van der Waals surface area contributed by atoms with Gasteiger partial charge in [0.1, 0.15) is 5.76 Å². The Hall–Kier alpha value is -2.21. The third-order valence-electron chi connectivity index (χ3n) is 5.96. The van der Waals surface area contributed by atoms with Crippen molar-refractivity contribution in [2.75, 3.05) is 29.7 Å². The predicted octanol–water partition coefficient (Wildman–Crippen LogP) is 2.02. The molecule has 2 saturated heterocycles. The zero-order chi connectivity index (χ0) is 23.1. The number of aryl methyl sites for hydroxylation is 1. The van der Waals surface area contributed by atoms with Crippen molar-refractivity contribution in [3.63, 3.8) is 0 Å². The van der Waals surface area contributed by atoms with Crippen LogP contribution in [0.4, 0.5) is 5.69 Å². The quantitative estimate of drug-likeness (QED) is 0.643. The van der Waals surface area contributed by atoms with Crippen molar-refractivity contribution in [1.82, 2.24) is 9.62 Å². The molecule has 2 aliphatic heterocycles. The highest BCUT2D eigenvalue weighted by molar-refractivity contribution is 7.94. The molecule has 1 N–H and O–H groups in total. The molecule has 2 fully saturated rings. The van der Waals surface area contributed by atoms with E-state index in [1.807, 2.05) is 6.07 Å². The number of benzene rings is 1. The van der Waals surface area contributed by atoms with Crippen LogP contribution in [-0.2, 0) is 24.8 Å². The Morgan fingerprint density at radius 1 is 1.22 bits per heavy atom. The van der Waals surface area contributed by atoms with Gasteiger partial charge >= 0.3 is 0 Å². The summed E-state index contributed by atoms with van der Waals surface area (Å²) in [6.45, 7) is 5.03. The van der Waals surface area contributed by atoms with Crippen molar-refractivity contribution < 1.29 is 26.0 Å². The van der Waals surface area contributed by atoms with Gasteiger partial charge in [-0.05, 0) is 68.8 Å². The minimum Gasteiger partial charge on any atom is -0.468 e. The van der Waals surface area contributed by atoms with Crippen LogP contribution in [0.2, 0.25) is 0 Å². The maximum absolute atomic E-state index is 13.1. The number of amides is 1. The number of likely N-dealkylation sites (tertiary alicyclic amines) is 1. The van der Waals surface area contributed by atoms with Gasteiger partial charge in [-0.1, -0.05) is 6.92 Å². The van der Waals surface area contributed by atoms with Gasteiger partial charge in [0.05, 0.1) is 34.6 Å². The van der Waals surface area contributed by atoms with Gasteiger partial charge in [-0.2, -0.15) is 0 Å². The van der Waals surface area contributed by atoms with E-state index in [1.54, 1.807) is 26.2 Å². The Labute approximate surface area is 188 Å². The van der Waals surface area contributed by atoms with Crippen molar-refractivity contribution >= 4 is 31.6 Å². The Kier molecular flexibility index (Phi) is 6.19.